The van der Waals surface area contributed by atoms with Crippen molar-refractivity contribution in [3.8, 4) is 0 Å². The summed E-state index contributed by atoms with van der Waals surface area (Å²) < 4.78 is 10.6. The van der Waals surface area contributed by atoms with E-state index in [2.05, 4.69) is 0 Å². The molecule has 0 bridgehead atoms. The van der Waals surface area contributed by atoms with Gasteiger partial charge in [-0.05, 0) is 43.5 Å². The Morgan fingerprint density at radius 1 is 1.40 bits per heavy atom. The molecule has 1 heterocycles. The van der Waals surface area contributed by atoms with Gasteiger partial charge < -0.3 is 9.47 Å². The van der Waals surface area contributed by atoms with Gasteiger partial charge >= 0.3 is 5.97 Å². The van der Waals surface area contributed by atoms with Crippen LogP contribution in [0.1, 0.15) is 24.5 Å². The van der Waals surface area contributed by atoms with Gasteiger partial charge in [0.15, 0.2) is 0 Å². The summed E-state index contributed by atoms with van der Waals surface area (Å²) in [5.74, 6) is -0.380. The van der Waals surface area contributed by atoms with Crippen LogP contribution in [0.4, 0.5) is 0 Å². The molecule has 0 radical (unpaired) electrons. The van der Waals surface area contributed by atoms with Crippen molar-refractivity contribution in [3.63, 3.8) is 0 Å². The Balaban J connectivity index is 2.17. The van der Waals surface area contributed by atoms with Crippen LogP contribution >= 0.6 is 23.2 Å². The zero-order valence-corrected chi connectivity index (χ0v) is 12.9. The summed E-state index contributed by atoms with van der Waals surface area (Å²) in [5, 5.41) is 1.03. The monoisotopic (exact) mass is 312 g/mol. The van der Waals surface area contributed by atoms with Gasteiger partial charge in [-0.2, -0.15) is 0 Å². The molecule has 1 fully saturated rings. The highest BCUT2D eigenvalue weighted by Gasteiger charge is 2.59. The second-order valence-corrected chi connectivity index (χ2v) is 6.34. The molecule has 2 unspecified atom stereocenters. The molecule has 20 heavy (non-hydrogen) atoms. The molecular formula is C15H14Cl2O3. The molecule has 2 aliphatic rings. The van der Waals surface area contributed by atoms with E-state index in [0.29, 0.717) is 21.2 Å². The van der Waals surface area contributed by atoms with Crippen molar-refractivity contribution in [2.24, 2.45) is 5.41 Å². The van der Waals surface area contributed by atoms with Crippen molar-refractivity contribution >= 4 is 34.7 Å². The summed E-state index contributed by atoms with van der Waals surface area (Å²) in [6.45, 7) is 3.91. The van der Waals surface area contributed by atoms with E-state index in [4.69, 9.17) is 32.7 Å². The van der Waals surface area contributed by atoms with E-state index in [1.165, 1.54) is 0 Å². The van der Waals surface area contributed by atoms with Crippen molar-refractivity contribution in [2.45, 2.75) is 26.6 Å². The Hall–Kier alpha value is -1.03. The van der Waals surface area contributed by atoms with Gasteiger partial charge in [0, 0.05) is 17.7 Å². The zero-order valence-electron chi connectivity index (χ0n) is 11.4. The standard InChI is InChI=1S/C15H14Cl2O3/c1-7-4-8(16)5-10(17)11(7)12-9-6-15(9,2)14(19-3)20-13(12)18/h4-5,14H,6H2,1-3H3. The number of benzene rings is 1. The summed E-state index contributed by atoms with van der Waals surface area (Å²) in [7, 11) is 1.55. The van der Waals surface area contributed by atoms with E-state index < -0.39 is 6.29 Å². The van der Waals surface area contributed by atoms with Gasteiger partial charge in [0.2, 0.25) is 6.29 Å². The third-order valence-corrected chi connectivity index (χ3v) is 4.58. The Labute approximate surface area is 127 Å². The highest BCUT2D eigenvalue weighted by molar-refractivity contribution is 6.37. The Kier molecular flexibility index (Phi) is 3.12. The van der Waals surface area contributed by atoms with Crippen molar-refractivity contribution in [1.82, 2.24) is 0 Å². The molecule has 0 amide bonds. The van der Waals surface area contributed by atoms with Crippen LogP contribution < -0.4 is 0 Å². The average Bonchev–Trinajstić information content (AvgIpc) is 3.03. The van der Waals surface area contributed by atoms with Gasteiger partial charge in [-0.1, -0.05) is 23.2 Å². The van der Waals surface area contributed by atoms with Gasteiger partial charge in [0.05, 0.1) is 16.0 Å². The minimum absolute atomic E-state index is 0.229. The fourth-order valence-corrected chi connectivity index (χ4v) is 3.60. The number of hydrogen-bond acceptors (Lipinski definition) is 3. The molecule has 5 heteroatoms. The van der Waals surface area contributed by atoms with Crippen LogP contribution in [0.25, 0.3) is 5.57 Å². The molecule has 3 rings (SSSR count). The molecule has 106 valence electrons. The molecule has 1 aromatic rings. The minimum Gasteiger partial charge on any atom is -0.431 e. The van der Waals surface area contributed by atoms with Crippen LogP contribution in [0.5, 0.6) is 0 Å². The number of esters is 1. The third-order valence-electron chi connectivity index (χ3n) is 4.06. The first-order valence-electron chi connectivity index (χ1n) is 6.32. The Morgan fingerprint density at radius 3 is 2.70 bits per heavy atom. The van der Waals surface area contributed by atoms with Gasteiger partial charge in [-0.15, -0.1) is 0 Å². The minimum atomic E-state index is -0.514. The smallest absolute Gasteiger partial charge is 0.341 e. The highest BCUT2D eigenvalue weighted by Crippen LogP contribution is 2.61. The highest BCUT2D eigenvalue weighted by atomic mass is 35.5. The third kappa shape index (κ3) is 1.88. The number of carbonyl (C=O) groups excluding carboxylic acids is 1. The second-order valence-electron chi connectivity index (χ2n) is 5.50. The van der Waals surface area contributed by atoms with Crippen LogP contribution in [-0.4, -0.2) is 19.4 Å². The predicted octanol–water partition coefficient (Wildman–Crippen LogP) is 3.99. The van der Waals surface area contributed by atoms with E-state index in [-0.39, 0.29) is 11.4 Å². The molecule has 1 aliphatic heterocycles. The number of rotatable bonds is 2. The van der Waals surface area contributed by atoms with Crippen molar-refractivity contribution in [1.29, 1.82) is 0 Å². The fraction of sp³-hybridized carbons (Fsp3) is 0.400. The summed E-state index contributed by atoms with van der Waals surface area (Å²) >= 11 is 12.3. The van der Waals surface area contributed by atoms with Gasteiger partial charge in [-0.25, -0.2) is 4.79 Å². The number of hydrogen-bond donors (Lipinski definition) is 0. The lowest BCUT2D eigenvalue weighted by Gasteiger charge is -2.27. The maximum atomic E-state index is 12.3. The number of aryl methyl sites for hydroxylation is 1. The number of cyclic esters (lactones) is 1. The number of carbonyl (C=O) groups is 1. The van der Waals surface area contributed by atoms with E-state index in [9.17, 15) is 4.79 Å². The maximum Gasteiger partial charge on any atom is 0.341 e. The quantitative estimate of drug-likeness (QED) is 0.774. The summed E-state index contributed by atoms with van der Waals surface area (Å²) in [6.07, 6.45) is 0.269. The Morgan fingerprint density at radius 2 is 2.10 bits per heavy atom. The predicted molar refractivity (Wildman–Crippen MR) is 77.7 cm³/mol. The van der Waals surface area contributed by atoms with E-state index in [1.54, 1.807) is 19.2 Å². The van der Waals surface area contributed by atoms with Crippen molar-refractivity contribution in [2.75, 3.05) is 7.11 Å². The first kappa shape index (κ1) is 13.9. The first-order chi connectivity index (χ1) is 9.38. The summed E-state index contributed by atoms with van der Waals surface area (Å²) in [4.78, 5) is 12.3. The summed E-state index contributed by atoms with van der Waals surface area (Å²) in [5.41, 5.74) is 2.97. The fourth-order valence-electron chi connectivity index (χ4n) is 2.91. The van der Waals surface area contributed by atoms with Crippen LogP contribution in [0.2, 0.25) is 10.0 Å². The van der Waals surface area contributed by atoms with Gasteiger partial charge in [0.1, 0.15) is 0 Å². The lowest BCUT2D eigenvalue weighted by molar-refractivity contribution is -0.180. The van der Waals surface area contributed by atoms with E-state index in [1.807, 2.05) is 13.8 Å². The van der Waals surface area contributed by atoms with Crippen LogP contribution in [0.3, 0.4) is 0 Å². The molecule has 0 saturated heterocycles. The van der Waals surface area contributed by atoms with Gasteiger partial charge in [-0.3, -0.25) is 0 Å². The average molecular weight is 313 g/mol. The number of halogens is 2. The molecule has 0 N–H and O–H groups in total. The first-order valence-corrected chi connectivity index (χ1v) is 7.07. The molecule has 2 atom stereocenters. The molecule has 1 saturated carbocycles. The van der Waals surface area contributed by atoms with Gasteiger partial charge in [0.25, 0.3) is 0 Å². The normalized spacial score (nSPS) is 28.2. The van der Waals surface area contributed by atoms with Crippen LogP contribution in [-0.2, 0) is 14.3 Å². The molecule has 0 aromatic heterocycles. The zero-order chi connectivity index (χ0) is 14.7. The summed E-state index contributed by atoms with van der Waals surface area (Å²) in [6, 6.07) is 3.44. The Bertz CT molecular complexity index is 628. The second kappa shape index (κ2) is 4.48. The van der Waals surface area contributed by atoms with Crippen molar-refractivity contribution in [3.05, 3.63) is 38.9 Å². The van der Waals surface area contributed by atoms with Crippen LogP contribution in [0.15, 0.2) is 17.7 Å². The van der Waals surface area contributed by atoms with Crippen LogP contribution in [0, 0.1) is 12.3 Å². The van der Waals surface area contributed by atoms with E-state index in [0.717, 1.165) is 17.6 Å². The molecular weight excluding hydrogens is 299 g/mol. The van der Waals surface area contributed by atoms with E-state index >= 15 is 0 Å². The topological polar surface area (TPSA) is 35.5 Å². The number of methoxy groups -OCH3 is 1. The number of fused-ring (bicyclic) bond motifs is 1. The van der Waals surface area contributed by atoms with Crippen molar-refractivity contribution < 1.29 is 14.3 Å². The molecule has 1 aliphatic carbocycles. The molecule has 1 aromatic carbocycles. The largest absolute Gasteiger partial charge is 0.431 e. The lowest BCUT2D eigenvalue weighted by Crippen LogP contribution is -2.32. The molecule has 0 spiro atoms. The lowest BCUT2D eigenvalue weighted by atomic mass is 9.95. The molecule has 3 nitrogen and oxygen atoms in total. The SMILES string of the molecule is COC1OC(=O)C(c2c(C)cc(Cl)cc2Cl)=C2CC21C. The number of ether oxygens (including phenoxy) is 2. The maximum absolute atomic E-state index is 12.3.